The van der Waals surface area contributed by atoms with Crippen molar-refractivity contribution < 1.29 is 4.74 Å². The standard InChI is InChI=1S/C8H13N3OS/c9-4-8(2-1-3-12-5-8)7-11-10-6-13-7/h6H,1-5,9H2. The SMILES string of the molecule is NCC1(c2nncs2)CCCOC1. The zero-order valence-electron chi connectivity index (χ0n) is 7.40. The summed E-state index contributed by atoms with van der Waals surface area (Å²) >= 11 is 1.57. The molecule has 0 spiro atoms. The largest absolute Gasteiger partial charge is 0.380 e. The Morgan fingerprint density at radius 3 is 3.15 bits per heavy atom. The number of aromatic nitrogens is 2. The first-order valence-corrected chi connectivity index (χ1v) is 5.30. The van der Waals surface area contributed by atoms with Gasteiger partial charge in [0.1, 0.15) is 10.5 Å². The van der Waals surface area contributed by atoms with Crippen molar-refractivity contribution in [1.82, 2.24) is 10.2 Å². The van der Waals surface area contributed by atoms with Crippen LogP contribution in [0.25, 0.3) is 0 Å². The van der Waals surface area contributed by atoms with Crippen molar-refractivity contribution >= 4 is 11.3 Å². The molecule has 5 heteroatoms. The van der Waals surface area contributed by atoms with Crippen LogP contribution in [0, 0.1) is 0 Å². The fraction of sp³-hybridized carbons (Fsp3) is 0.750. The second kappa shape index (κ2) is 3.69. The number of nitrogens with zero attached hydrogens (tertiary/aromatic N) is 2. The van der Waals surface area contributed by atoms with E-state index in [0.717, 1.165) is 24.5 Å². The number of rotatable bonds is 2. The smallest absolute Gasteiger partial charge is 0.126 e. The quantitative estimate of drug-likeness (QED) is 0.755. The van der Waals surface area contributed by atoms with Gasteiger partial charge in [-0.3, -0.25) is 0 Å². The van der Waals surface area contributed by atoms with E-state index in [4.69, 9.17) is 10.5 Å². The molecular weight excluding hydrogens is 186 g/mol. The van der Waals surface area contributed by atoms with Crippen molar-refractivity contribution in [2.24, 2.45) is 5.73 Å². The lowest BCUT2D eigenvalue weighted by Crippen LogP contribution is -2.42. The van der Waals surface area contributed by atoms with E-state index in [9.17, 15) is 0 Å². The zero-order valence-corrected chi connectivity index (χ0v) is 8.22. The van der Waals surface area contributed by atoms with Crippen molar-refractivity contribution in [3.8, 4) is 0 Å². The molecule has 1 aliphatic heterocycles. The topological polar surface area (TPSA) is 61.0 Å². The molecule has 13 heavy (non-hydrogen) atoms. The van der Waals surface area contributed by atoms with Gasteiger partial charge in [0.05, 0.1) is 12.0 Å². The highest BCUT2D eigenvalue weighted by atomic mass is 32.1. The summed E-state index contributed by atoms with van der Waals surface area (Å²) in [5.74, 6) is 0. The van der Waals surface area contributed by atoms with Gasteiger partial charge in [0.2, 0.25) is 0 Å². The molecule has 2 N–H and O–H groups in total. The minimum absolute atomic E-state index is 0.0561. The number of nitrogens with two attached hydrogens (primary N) is 1. The second-order valence-electron chi connectivity index (χ2n) is 3.38. The Kier molecular flexibility index (Phi) is 2.57. The minimum Gasteiger partial charge on any atom is -0.380 e. The fourth-order valence-electron chi connectivity index (χ4n) is 1.67. The summed E-state index contributed by atoms with van der Waals surface area (Å²) in [6.07, 6.45) is 2.13. The predicted molar refractivity (Wildman–Crippen MR) is 50.7 cm³/mol. The molecule has 1 fully saturated rings. The molecule has 1 atom stereocenters. The summed E-state index contributed by atoms with van der Waals surface area (Å²) in [5.41, 5.74) is 7.48. The van der Waals surface area contributed by atoms with Crippen LogP contribution in [0.2, 0.25) is 0 Å². The molecule has 2 heterocycles. The molecule has 0 aromatic carbocycles. The van der Waals surface area contributed by atoms with E-state index in [1.54, 1.807) is 16.8 Å². The van der Waals surface area contributed by atoms with E-state index in [1.165, 1.54) is 0 Å². The number of hydrogen-bond donors (Lipinski definition) is 1. The molecule has 0 radical (unpaired) electrons. The molecule has 72 valence electrons. The third kappa shape index (κ3) is 1.59. The molecule has 0 bridgehead atoms. The van der Waals surface area contributed by atoms with Crippen molar-refractivity contribution in [3.63, 3.8) is 0 Å². The maximum absolute atomic E-state index is 5.79. The van der Waals surface area contributed by atoms with Crippen LogP contribution < -0.4 is 5.73 Å². The fourth-order valence-corrected chi connectivity index (χ4v) is 2.46. The normalized spacial score (nSPS) is 29.0. The maximum atomic E-state index is 5.79. The Morgan fingerprint density at radius 1 is 1.69 bits per heavy atom. The van der Waals surface area contributed by atoms with Gasteiger partial charge in [-0.15, -0.1) is 21.5 Å². The molecule has 1 saturated heterocycles. The van der Waals surface area contributed by atoms with E-state index >= 15 is 0 Å². The van der Waals surface area contributed by atoms with Gasteiger partial charge in [-0.25, -0.2) is 0 Å². The minimum atomic E-state index is -0.0561. The summed E-state index contributed by atoms with van der Waals surface area (Å²) in [6, 6.07) is 0. The van der Waals surface area contributed by atoms with Gasteiger partial charge in [-0.2, -0.15) is 0 Å². The Hall–Kier alpha value is -0.520. The Morgan fingerprint density at radius 2 is 2.62 bits per heavy atom. The lowest BCUT2D eigenvalue weighted by molar-refractivity contribution is 0.0373. The van der Waals surface area contributed by atoms with Gasteiger partial charge >= 0.3 is 0 Å². The van der Waals surface area contributed by atoms with Gasteiger partial charge in [-0.05, 0) is 12.8 Å². The highest BCUT2D eigenvalue weighted by Gasteiger charge is 2.36. The maximum Gasteiger partial charge on any atom is 0.126 e. The number of hydrogen-bond acceptors (Lipinski definition) is 5. The second-order valence-corrected chi connectivity index (χ2v) is 4.22. The summed E-state index contributed by atoms with van der Waals surface area (Å²) in [7, 11) is 0. The van der Waals surface area contributed by atoms with Gasteiger partial charge in [0.25, 0.3) is 0 Å². The molecule has 0 aliphatic carbocycles. The van der Waals surface area contributed by atoms with E-state index in [2.05, 4.69) is 10.2 Å². The van der Waals surface area contributed by atoms with E-state index < -0.39 is 0 Å². The van der Waals surface area contributed by atoms with Crippen molar-refractivity contribution in [1.29, 1.82) is 0 Å². The van der Waals surface area contributed by atoms with Crippen LogP contribution in [-0.2, 0) is 10.2 Å². The highest BCUT2D eigenvalue weighted by Crippen LogP contribution is 2.32. The predicted octanol–water partition coefficient (Wildman–Crippen LogP) is 0.545. The van der Waals surface area contributed by atoms with Crippen molar-refractivity contribution in [2.75, 3.05) is 19.8 Å². The molecule has 0 amide bonds. The third-order valence-corrected chi connectivity index (χ3v) is 3.46. The van der Waals surface area contributed by atoms with Gasteiger partial charge < -0.3 is 10.5 Å². The molecule has 2 rings (SSSR count). The third-order valence-electron chi connectivity index (χ3n) is 2.53. The van der Waals surface area contributed by atoms with Crippen LogP contribution in [-0.4, -0.2) is 30.0 Å². The zero-order chi connectivity index (χ0) is 9.15. The van der Waals surface area contributed by atoms with E-state index in [-0.39, 0.29) is 5.41 Å². The van der Waals surface area contributed by atoms with Crippen LogP contribution in [0.5, 0.6) is 0 Å². The monoisotopic (exact) mass is 199 g/mol. The summed E-state index contributed by atoms with van der Waals surface area (Å²) in [5, 5.41) is 8.96. The summed E-state index contributed by atoms with van der Waals surface area (Å²) < 4.78 is 5.46. The van der Waals surface area contributed by atoms with Crippen LogP contribution >= 0.6 is 11.3 Å². The summed E-state index contributed by atoms with van der Waals surface area (Å²) in [6.45, 7) is 2.14. The molecule has 1 unspecified atom stereocenters. The Bertz CT molecular complexity index is 256. The average Bonchev–Trinajstić information content (AvgIpc) is 2.72. The molecular formula is C8H13N3OS. The van der Waals surface area contributed by atoms with Crippen molar-refractivity contribution in [2.45, 2.75) is 18.3 Å². The number of ether oxygens (including phenoxy) is 1. The molecule has 0 saturated carbocycles. The molecule has 1 aromatic rings. The van der Waals surface area contributed by atoms with Gasteiger partial charge in [-0.1, -0.05) is 0 Å². The van der Waals surface area contributed by atoms with Crippen LogP contribution in [0.15, 0.2) is 5.51 Å². The first-order valence-electron chi connectivity index (χ1n) is 4.42. The van der Waals surface area contributed by atoms with Gasteiger partial charge in [0.15, 0.2) is 0 Å². The van der Waals surface area contributed by atoms with Crippen LogP contribution in [0.4, 0.5) is 0 Å². The molecule has 1 aliphatic rings. The van der Waals surface area contributed by atoms with Crippen LogP contribution in [0.1, 0.15) is 17.8 Å². The van der Waals surface area contributed by atoms with Crippen molar-refractivity contribution in [3.05, 3.63) is 10.5 Å². The first kappa shape index (κ1) is 9.05. The average molecular weight is 199 g/mol. The van der Waals surface area contributed by atoms with E-state index in [1.807, 2.05) is 0 Å². The van der Waals surface area contributed by atoms with Gasteiger partial charge in [0, 0.05) is 13.2 Å². The first-order chi connectivity index (χ1) is 6.37. The van der Waals surface area contributed by atoms with E-state index in [0.29, 0.717) is 13.2 Å². The molecule has 4 nitrogen and oxygen atoms in total. The lowest BCUT2D eigenvalue weighted by atomic mass is 9.83. The van der Waals surface area contributed by atoms with Crippen LogP contribution in [0.3, 0.4) is 0 Å². The highest BCUT2D eigenvalue weighted by molar-refractivity contribution is 7.09. The molecule has 1 aromatic heterocycles. The Labute approximate surface area is 81.1 Å². The summed E-state index contributed by atoms with van der Waals surface area (Å²) in [4.78, 5) is 0. The lowest BCUT2D eigenvalue weighted by Gasteiger charge is -2.33. The Balaban J connectivity index is 2.23.